The predicted molar refractivity (Wildman–Crippen MR) is 78.6 cm³/mol. The zero-order chi connectivity index (χ0) is 16.5. The van der Waals surface area contributed by atoms with Crippen molar-refractivity contribution in [2.24, 2.45) is 0 Å². The normalized spacial score (nSPS) is 11.5. The maximum Gasteiger partial charge on any atom is 0.340 e. The van der Waals surface area contributed by atoms with Crippen molar-refractivity contribution in [2.45, 2.75) is 13.3 Å². The van der Waals surface area contributed by atoms with E-state index in [0.717, 1.165) is 0 Å². The third-order valence-electron chi connectivity index (χ3n) is 3.07. The Morgan fingerprint density at radius 1 is 1.36 bits per heavy atom. The average Bonchev–Trinajstić information content (AvgIpc) is 2.40. The molecule has 0 unspecified atom stereocenters. The van der Waals surface area contributed by atoms with Crippen molar-refractivity contribution in [3.63, 3.8) is 0 Å². The molecule has 1 heterocycles. The summed E-state index contributed by atoms with van der Waals surface area (Å²) >= 11 is 0. The van der Waals surface area contributed by atoms with Crippen molar-refractivity contribution in [3.05, 3.63) is 39.7 Å². The number of aryl methyl sites for hydroxylation is 1. The van der Waals surface area contributed by atoms with E-state index in [2.05, 4.69) is 5.32 Å². The number of carboxylic acids is 1. The zero-order valence-corrected chi connectivity index (χ0v) is 12.3. The van der Waals surface area contributed by atoms with E-state index in [4.69, 9.17) is 14.1 Å². The van der Waals surface area contributed by atoms with Crippen LogP contribution in [0.4, 0.5) is 5.69 Å². The minimum absolute atomic E-state index is 0.0682. The first-order valence-electron chi connectivity index (χ1n) is 6.14. The molecule has 1 aromatic heterocycles. The molecule has 0 bridgehead atoms. The van der Waals surface area contributed by atoms with E-state index in [0.29, 0.717) is 16.6 Å². The highest BCUT2D eigenvalue weighted by molar-refractivity contribution is 7.85. The van der Waals surface area contributed by atoms with Gasteiger partial charge in [0.15, 0.2) is 0 Å². The molecule has 118 valence electrons. The fourth-order valence-corrected chi connectivity index (χ4v) is 2.38. The number of aliphatic carboxylic acids is 1. The number of hydrogen-bond acceptors (Lipinski definition) is 6. The summed E-state index contributed by atoms with van der Waals surface area (Å²) < 4.78 is 35.1. The Labute approximate surface area is 125 Å². The second kappa shape index (κ2) is 5.78. The van der Waals surface area contributed by atoms with E-state index in [1.807, 2.05) is 0 Å². The molecule has 1 aromatic carbocycles. The monoisotopic (exact) mass is 327 g/mol. The standard InChI is InChI=1S/C13H13NO7S/c1-7-9-3-2-8(14-6-22(18,19)20)4-11(9)21-13(17)10(7)5-12(15)16/h2-4,14H,5-6H2,1H3,(H,15,16)(H,18,19,20). The second-order valence-corrected chi connectivity index (χ2v) is 6.13. The SMILES string of the molecule is Cc1c(CC(=O)O)c(=O)oc2cc(NCS(=O)(=O)O)ccc12. The van der Waals surface area contributed by atoms with E-state index in [9.17, 15) is 18.0 Å². The van der Waals surface area contributed by atoms with E-state index in [-0.39, 0.29) is 11.1 Å². The third-order valence-corrected chi connectivity index (χ3v) is 3.58. The van der Waals surface area contributed by atoms with Gasteiger partial charge in [0.25, 0.3) is 10.1 Å². The molecule has 0 fully saturated rings. The molecule has 0 atom stereocenters. The largest absolute Gasteiger partial charge is 0.481 e. The summed E-state index contributed by atoms with van der Waals surface area (Å²) in [6.45, 7) is 1.61. The van der Waals surface area contributed by atoms with Crippen molar-refractivity contribution >= 4 is 32.7 Å². The van der Waals surface area contributed by atoms with Gasteiger partial charge in [-0.05, 0) is 24.6 Å². The van der Waals surface area contributed by atoms with Gasteiger partial charge in [-0.3, -0.25) is 9.35 Å². The average molecular weight is 327 g/mol. The van der Waals surface area contributed by atoms with Crippen molar-refractivity contribution in [3.8, 4) is 0 Å². The van der Waals surface area contributed by atoms with Crippen LogP contribution in [-0.2, 0) is 21.3 Å². The smallest absolute Gasteiger partial charge is 0.340 e. The van der Waals surface area contributed by atoms with Crippen LogP contribution in [0.2, 0.25) is 0 Å². The molecule has 2 rings (SSSR count). The van der Waals surface area contributed by atoms with Gasteiger partial charge in [-0.15, -0.1) is 0 Å². The number of rotatable bonds is 5. The number of fused-ring (bicyclic) bond motifs is 1. The van der Waals surface area contributed by atoms with Gasteiger partial charge in [0.05, 0.1) is 12.0 Å². The number of carbonyl (C=O) groups is 1. The molecule has 0 saturated heterocycles. The van der Waals surface area contributed by atoms with Crippen LogP contribution in [-0.4, -0.2) is 29.9 Å². The summed E-state index contributed by atoms with van der Waals surface area (Å²) in [6, 6.07) is 4.51. The molecule has 0 amide bonds. The molecule has 0 aliphatic rings. The second-order valence-electron chi connectivity index (χ2n) is 4.68. The predicted octanol–water partition coefficient (Wildman–Crippen LogP) is 0.986. The van der Waals surface area contributed by atoms with Gasteiger partial charge in [0.1, 0.15) is 11.5 Å². The van der Waals surface area contributed by atoms with E-state index in [1.54, 1.807) is 13.0 Å². The van der Waals surface area contributed by atoms with Gasteiger partial charge < -0.3 is 14.8 Å². The maximum absolute atomic E-state index is 11.8. The van der Waals surface area contributed by atoms with Crippen molar-refractivity contribution in [1.82, 2.24) is 0 Å². The third kappa shape index (κ3) is 3.62. The van der Waals surface area contributed by atoms with Crippen LogP contribution < -0.4 is 10.9 Å². The lowest BCUT2D eigenvalue weighted by atomic mass is 10.0. The Morgan fingerprint density at radius 3 is 2.64 bits per heavy atom. The first-order valence-corrected chi connectivity index (χ1v) is 7.75. The Kier molecular flexibility index (Phi) is 4.20. The number of nitrogens with one attached hydrogen (secondary N) is 1. The highest BCUT2D eigenvalue weighted by Crippen LogP contribution is 2.23. The number of carboxylic acid groups (broad SMARTS) is 1. The summed E-state index contributed by atoms with van der Waals surface area (Å²) in [5, 5.41) is 11.8. The molecule has 0 saturated carbocycles. The summed E-state index contributed by atoms with van der Waals surface area (Å²) in [4.78, 5) is 22.6. The number of anilines is 1. The summed E-state index contributed by atoms with van der Waals surface area (Å²) in [7, 11) is -4.18. The Morgan fingerprint density at radius 2 is 2.05 bits per heavy atom. The van der Waals surface area contributed by atoms with Gasteiger partial charge in [-0.1, -0.05) is 0 Å². The molecular formula is C13H13NO7S. The van der Waals surface area contributed by atoms with Crippen LogP contribution in [0.1, 0.15) is 11.1 Å². The highest BCUT2D eigenvalue weighted by Gasteiger charge is 2.14. The summed E-state index contributed by atoms with van der Waals surface area (Å²) in [5.41, 5.74) is 0.337. The lowest BCUT2D eigenvalue weighted by molar-refractivity contribution is -0.136. The summed E-state index contributed by atoms with van der Waals surface area (Å²) in [5.74, 6) is -1.82. The lowest BCUT2D eigenvalue weighted by Crippen LogP contribution is -2.15. The van der Waals surface area contributed by atoms with E-state index >= 15 is 0 Å². The van der Waals surface area contributed by atoms with Gasteiger partial charge in [0, 0.05) is 17.1 Å². The van der Waals surface area contributed by atoms with E-state index in [1.165, 1.54) is 12.1 Å². The quantitative estimate of drug-likeness (QED) is 0.546. The molecule has 0 aliphatic heterocycles. The maximum atomic E-state index is 11.8. The topological polar surface area (TPSA) is 134 Å². The highest BCUT2D eigenvalue weighted by atomic mass is 32.2. The molecular weight excluding hydrogens is 314 g/mol. The molecule has 3 N–H and O–H groups in total. The van der Waals surface area contributed by atoms with Crippen LogP contribution in [0.5, 0.6) is 0 Å². The molecule has 8 nitrogen and oxygen atoms in total. The van der Waals surface area contributed by atoms with Gasteiger partial charge in [0.2, 0.25) is 0 Å². The van der Waals surface area contributed by atoms with Crippen LogP contribution in [0.3, 0.4) is 0 Å². The number of benzene rings is 1. The van der Waals surface area contributed by atoms with E-state index < -0.39 is 34.0 Å². The number of hydrogen-bond donors (Lipinski definition) is 3. The minimum atomic E-state index is -4.18. The first kappa shape index (κ1) is 16.0. The molecule has 22 heavy (non-hydrogen) atoms. The van der Waals surface area contributed by atoms with Crippen molar-refractivity contribution < 1.29 is 27.3 Å². The van der Waals surface area contributed by atoms with Crippen LogP contribution in [0.15, 0.2) is 27.4 Å². The first-order chi connectivity index (χ1) is 10.2. The molecule has 0 aliphatic carbocycles. The summed E-state index contributed by atoms with van der Waals surface area (Å²) in [6.07, 6.45) is -0.438. The van der Waals surface area contributed by atoms with Gasteiger partial charge in [-0.25, -0.2) is 4.79 Å². The fourth-order valence-electron chi connectivity index (χ4n) is 2.03. The van der Waals surface area contributed by atoms with Crippen LogP contribution >= 0.6 is 0 Å². The Balaban J connectivity index is 2.47. The van der Waals surface area contributed by atoms with Crippen molar-refractivity contribution in [2.75, 3.05) is 11.2 Å². The van der Waals surface area contributed by atoms with Crippen molar-refractivity contribution in [1.29, 1.82) is 0 Å². The molecule has 2 aromatic rings. The molecule has 9 heteroatoms. The van der Waals surface area contributed by atoms with Crippen LogP contribution in [0, 0.1) is 6.92 Å². The minimum Gasteiger partial charge on any atom is -0.481 e. The lowest BCUT2D eigenvalue weighted by Gasteiger charge is -2.08. The van der Waals surface area contributed by atoms with Crippen LogP contribution in [0.25, 0.3) is 11.0 Å². The Hall–Kier alpha value is -2.39. The zero-order valence-electron chi connectivity index (χ0n) is 11.5. The fraction of sp³-hybridized carbons (Fsp3) is 0.231. The van der Waals surface area contributed by atoms with Gasteiger partial charge >= 0.3 is 11.6 Å². The molecule has 0 spiro atoms. The Bertz CT molecular complexity index is 898. The molecule has 0 radical (unpaired) electrons. The van der Waals surface area contributed by atoms with Gasteiger partial charge in [-0.2, -0.15) is 8.42 Å².